The summed E-state index contributed by atoms with van der Waals surface area (Å²) >= 11 is 0. The van der Waals surface area contributed by atoms with Crippen molar-refractivity contribution in [1.29, 1.82) is 0 Å². The number of fused-ring (bicyclic) bond motifs is 1. The van der Waals surface area contributed by atoms with Crippen LogP contribution in [0.5, 0.6) is 28.7 Å². The first-order valence-electron chi connectivity index (χ1n) is 12.8. The number of aliphatic hydroxyl groups excluding tert-OH is 5. The summed E-state index contributed by atoms with van der Waals surface area (Å²) in [6.45, 7) is 0.986. The third-order valence-electron chi connectivity index (χ3n) is 7.12. The van der Waals surface area contributed by atoms with Gasteiger partial charge in [0.15, 0.2) is 29.7 Å². The van der Waals surface area contributed by atoms with Crippen LogP contribution in [-0.4, -0.2) is 110 Å². The monoisotopic (exact) mass is 594 g/mol. The molecule has 0 radical (unpaired) electrons. The van der Waals surface area contributed by atoms with Gasteiger partial charge in [0.1, 0.15) is 53.0 Å². The number of ether oxygens (including phenoxy) is 5. The molecule has 2 aromatic carbocycles. The molecule has 1 aromatic heterocycles. The van der Waals surface area contributed by atoms with Gasteiger partial charge in [-0.3, -0.25) is 4.79 Å². The Labute approximate surface area is 236 Å². The number of aromatic hydroxyl groups is 3. The molecule has 0 spiro atoms. The van der Waals surface area contributed by atoms with Gasteiger partial charge in [-0.2, -0.15) is 0 Å². The molecular formula is C27H30O15. The van der Waals surface area contributed by atoms with Gasteiger partial charge in [-0.05, 0) is 25.1 Å². The molecule has 0 amide bonds. The van der Waals surface area contributed by atoms with Gasteiger partial charge in [0, 0.05) is 17.7 Å². The Bertz CT molecular complexity index is 1510. The molecule has 2 aliphatic heterocycles. The molecule has 5 rings (SSSR count). The molecule has 15 nitrogen and oxygen atoms in total. The van der Waals surface area contributed by atoms with Crippen molar-refractivity contribution in [3.63, 3.8) is 0 Å². The molecule has 3 aromatic rings. The number of phenolic OH excluding ortho intramolecular Hbond substituents is 3. The number of hydrogen-bond acceptors (Lipinski definition) is 15. The minimum absolute atomic E-state index is 0.00595. The zero-order valence-corrected chi connectivity index (χ0v) is 22.2. The second-order valence-electron chi connectivity index (χ2n) is 9.97. The van der Waals surface area contributed by atoms with Crippen molar-refractivity contribution < 1.29 is 69.0 Å². The van der Waals surface area contributed by atoms with E-state index >= 15 is 0 Å². The first-order chi connectivity index (χ1) is 19.9. The summed E-state index contributed by atoms with van der Waals surface area (Å²) in [5.41, 5.74) is -1.01. The van der Waals surface area contributed by atoms with Crippen LogP contribution >= 0.6 is 0 Å². The molecule has 15 heteroatoms. The molecule has 8 N–H and O–H groups in total. The van der Waals surface area contributed by atoms with Crippen LogP contribution in [0.2, 0.25) is 0 Å². The van der Waals surface area contributed by atoms with Crippen molar-refractivity contribution in [1.82, 2.24) is 0 Å². The van der Waals surface area contributed by atoms with E-state index in [4.69, 9.17) is 28.1 Å². The third kappa shape index (κ3) is 5.32. The minimum atomic E-state index is -1.77. The number of methoxy groups -OCH3 is 1. The summed E-state index contributed by atoms with van der Waals surface area (Å²) in [7, 11) is 1.30. The van der Waals surface area contributed by atoms with Crippen molar-refractivity contribution in [3.8, 4) is 40.1 Å². The van der Waals surface area contributed by atoms with Crippen molar-refractivity contribution in [3.05, 3.63) is 40.6 Å². The normalized spacial score (nSPS) is 31.6. The number of hydrogen-bond donors (Lipinski definition) is 8. The van der Waals surface area contributed by atoms with Crippen LogP contribution in [0.25, 0.3) is 22.3 Å². The Balaban J connectivity index is 1.61. The van der Waals surface area contributed by atoms with Gasteiger partial charge in [0.25, 0.3) is 0 Å². The van der Waals surface area contributed by atoms with Gasteiger partial charge >= 0.3 is 0 Å². The second kappa shape index (κ2) is 11.5. The Morgan fingerprint density at radius 2 is 1.62 bits per heavy atom. The van der Waals surface area contributed by atoms with E-state index < -0.39 is 84.6 Å². The van der Waals surface area contributed by atoms with Crippen LogP contribution in [0.3, 0.4) is 0 Å². The highest BCUT2D eigenvalue weighted by Gasteiger charge is 2.49. The lowest BCUT2D eigenvalue weighted by molar-refractivity contribution is -0.341. The summed E-state index contributed by atoms with van der Waals surface area (Å²) in [5.74, 6) is -2.09. The molecular weight excluding hydrogens is 564 g/mol. The van der Waals surface area contributed by atoms with E-state index in [1.54, 1.807) is 0 Å². The first kappa shape index (κ1) is 29.8. The van der Waals surface area contributed by atoms with Gasteiger partial charge < -0.3 is 69.0 Å². The highest BCUT2D eigenvalue weighted by atomic mass is 16.8. The number of phenols is 3. The van der Waals surface area contributed by atoms with Gasteiger partial charge in [0.2, 0.25) is 17.5 Å². The molecule has 3 heterocycles. The van der Waals surface area contributed by atoms with Crippen LogP contribution in [0.1, 0.15) is 6.92 Å². The fraction of sp³-hybridized carbons (Fsp3) is 0.444. The fourth-order valence-electron chi connectivity index (χ4n) is 4.80. The molecule has 2 saturated heterocycles. The second-order valence-corrected chi connectivity index (χ2v) is 9.97. The standard InChI is InChI=1S/C27H30O15/c1-9-18(32)21(35)25(42-26-22(36)19(33)14(31)8-38-26)27(39-9)41-24-20(34)17-13(30)6-11(28)7-16(17)40-23(24)10-3-4-12(29)15(5-10)37-2/h3-7,9,14,18-19,21-22,25-33,35-36H,8H2,1-2H3. The smallest absolute Gasteiger partial charge is 0.239 e. The molecule has 9 atom stereocenters. The molecule has 2 fully saturated rings. The summed E-state index contributed by atoms with van der Waals surface area (Å²) < 4.78 is 33.6. The SMILES string of the molecule is COc1cc(-c2oc3cc(O)cc(O)c3c(=O)c2OC2OC(C)C(O)C(O)C2OC2OCC(O)C(O)C2O)ccc1O. The van der Waals surface area contributed by atoms with E-state index in [0.717, 1.165) is 12.1 Å². The van der Waals surface area contributed by atoms with Crippen molar-refractivity contribution >= 4 is 11.0 Å². The fourth-order valence-corrected chi connectivity index (χ4v) is 4.80. The zero-order chi connectivity index (χ0) is 30.5. The van der Waals surface area contributed by atoms with Crippen molar-refractivity contribution in [2.24, 2.45) is 0 Å². The average molecular weight is 595 g/mol. The predicted molar refractivity (Wildman–Crippen MR) is 139 cm³/mol. The average Bonchev–Trinajstić information content (AvgIpc) is 2.95. The van der Waals surface area contributed by atoms with E-state index in [2.05, 4.69) is 0 Å². The minimum Gasteiger partial charge on any atom is -0.508 e. The number of aliphatic hydroxyl groups is 5. The van der Waals surface area contributed by atoms with Crippen LogP contribution < -0.4 is 14.9 Å². The summed E-state index contributed by atoms with van der Waals surface area (Å²) in [6.07, 6.45) is -14.1. The van der Waals surface area contributed by atoms with Crippen LogP contribution in [-0.2, 0) is 14.2 Å². The first-order valence-corrected chi connectivity index (χ1v) is 12.8. The van der Waals surface area contributed by atoms with Gasteiger partial charge in [-0.25, -0.2) is 0 Å². The predicted octanol–water partition coefficient (Wildman–Crippen LogP) is -0.745. The Morgan fingerprint density at radius 1 is 0.881 bits per heavy atom. The molecule has 0 bridgehead atoms. The van der Waals surface area contributed by atoms with E-state index in [1.807, 2.05) is 0 Å². The quantitative estimate of drug-likeness (QED) is 0.175. The van der Waals surface area contributed by atoms with E-state index in [1.165, 1.54) is 32.2 Å². The lowest BCUT2D eigenvalue weighted by Crippen LogP contribution is -2.62. The van der Waals surface area contributed by atoms with E-state index in [0.29, 0.717) is 0 Å². The van der Waals surface area contributed by atoms with Crippen LogP contribution in [0.15, 0.2) is 39.5 Å². The summed E-state index contributed by atoms with van der Waals surface area (Å²) in [6, 6.07) is 5.96. The zero-order valence-electron chi connectivity index (χ0n) is 22.2. The Morgan fingerprint density at radius 3 is 2.33 bits per heavy atom. The van der Waals surface area contributed by atoms with Crippen LogP contribution in [0, 0.1) is 0 Å². The molecule has 2 aliphatic rings. The van der Waals surface area contributed by atoms with Crippen molar-refractivity contribution in [2.75, 3.05) is 13.7 Å². The van der Waals surface area contributed by atoms with Gasteiger partial charge in [-0.1, -0.05) is 0 Å². The largest absolute Gasteiger partial charge is 0.508 e. The molecule has 0 aliphatic carbocycles. The van der Waals surface area contributed by atoms with E-state index in [9.17, 15) is 45.6 Å². The summed E-state index contributed by atoms with van der Waals surface area (Å²) in [5, 5.41) is 81.7. The maximum absolute atomic E-state index is 13.8. The van der Waals surface area contributed by atoms with Crippen molar-refractivity contribution in [2.45, 2.75) is 62.2 Å². The van der Waals surface area contributed by atoms with E-state index in [-0.39, 0.29) is 33.8 Å². The maximum Gasteiger partial charge on any atom is 0.239 e. The van der Waals surface area contributed by atoms with Crippen LogP contribution in [0.4, 0.5) is 0 Å². The number of rotatable bonds is 6. The van der Waals surface area contributed by atoms with Gasteiger partial charge in [0.05, 0.1) is 19.8 Å². The molecule has 42 heavy (non-hydrogen) atoms. The topological polar surface area (TPSA) is 238 Å². The molecule has 9 unspecified atom stereocenters. The van der Waals surface area contributed by atoms with Gasteiger partial charge in [-0.15, -0.1) is 0 Å². The molecule has 228 valence electrons. The lowest BCUT2D eigenvalue weighted by Gasteiger charge is -2.44. The summed E-state index contributed by atoms with van der Waals surface area (Å²) in [4.78, 5) is 13.8. The highest BCUT2D eigenvalue weighted by molar-refractivity contribution is 5.88. The number of benzene rings is 2. The third-order valence-corrected chi connectivity index (χ3v) is 7.12. The highest BCUT2D eigenvalue weighted by Crippen LogP contribution is 2.40. The lowest BCUT2D eigenvalue weighted by atomic mass is 9.99. The Hall–Kier alpha value is -3.67. The maximum atomic E-state index is 13.8. The molecule has 0 saturated carbocycles. The Kier molecular flexibility index (Phi) is 8.19.